The molecule has 0 atom stereocenters. The van der Waals surface area contributed by atoms with Crippen LogP contribution in [0.5, 0.6) is 0 Å². The monoisotopic (exact) mass is 406 g/mol. The van der Waals surface area contributed by atoms with Crippen molar-refractivity contribution in [2.75, 3.05) is 7.11 Å². The van der Waals surface area contributed by atoms with Crippen LogP contribution < -0.4 is 5.14 Å². The first-order valence-corrected chi connectivity index (χ1v) is 9.66. The highest BCUT2D eigenvalue weighted by Gasteiger charge is 2.19. The standard InChI is InChI=1S/C18H15ClN2O5S/c1-25-16(22)10-15-21-17(11-2-6-13(19)7-3-11)18(26-15)12-4-8-14(9-5-12)27(20,23)24/h2-9H,10H2,1H3,(H2,20,23,24). The molecule has 0 aliphatic heterocycles. The molecular formula is C18H15ClN2O5S. The maximum absolute atomic E-state index is 11.6. The smallest absolute Gasteiger partial charge is 0.314 e. The Bertz CT molecular complexity index is 1070. The normalized spacial score (nSPS) is 11.4. The lowest BCUT2D eigenvalue weighted by Gasteiger charge is -2.03. The molecule has 0 fully saturated rings. The Kier molecular flexibility index (Phi) is 5.31. The van der Waals surface area contributed by atoms with Crippen LogP contribution in [0.4, 0.5) is 0 Å². The fourth-order valence-corrected chi connectivity index (χ4v) is 3.07. The van der Waals surface area contributed by atoms with Crippen molar-refractivity contribution in [1.82, 2.24) is 4.98 Å². The Morgan fingerprint density at radius 2 is 1.70 bits per heavy atom. The summed E-state index contributed by atoms with van der Waals surface area (Å²) in [6.07, 6.45) is -0.133. The van der Waals surface area contributed by atoms with Crippen LogP contribution in [-0.4, -0.2) is 26.5 Å². The van der Waals surface area contributed by atoms with E-state index in [4.69, 9.17) is 21.2 Å². The molecule has 0 bridgehead atoms. The minimum atomic E-state index is -3.80. The summed E-state index contributed by atoms with van der Waals surface area (Å²) in [6, 6.07) is 12.8. The molecule has 1 aromatic heterocycles. The van der Waals surface area contributed by atoms with E-state index in [-0.39, 0.29) is 17.2 Å². The largest absolute Gasteiger partial charge is 0.469 e. The van der Waals surface area contributed by atoms with Gasteiger partial charge in [0.2, 0.25) is 15.9 Å². The summed E-state index contributed by atoms with van der Waals surface area (Å²) >= 11 is 5.94. The third kappa shape index (κ3) is 4.36. The van der Waals surface area contributed by atoms with Crippen LogP contribution in [0.3, 0.4) is 0 Å². The number of esters is 1. The number of methoxy groups -OCH3 is 1. The zero-order valence-electron chi connectivity index (χ0n) is 14.2. The Morgan fingerprint density at radius 1 is 1.11 bits per heavy atom. The number of sulfonamides is 1. The van der Waals surface area contributed by atoms with E-state index in [1.165, 1.54) is 19.2 Å². The number of carbonyl (C=O) groups is 1. The van der Waals surface area contributed by atoms with Crippen LogP contribution in [0, 0.1) is 0 Å². The van der Waals surface area contributed by atoms with E-state index in [1.807, 2.05) is 0 Å². The number of oxazole rings is 1. The van der Waals surface area contributed by atoms with Crippen molar-refractivity contribution in [2.45, 2.75) is 11.3 Å². The fraction of sp³-hybridized carbons (Fsp3) is 0.111. The van der Waals surface area contributed by atoms with Crippen molar-refractivity contribution in [3.8, 4) is 22.6 Å². The Labute approximate surface area is 160 Å². The molecule has 0 aliphatic carbocycles. The molecule has 0 saturated carbocycles. The summed E-state index contributed by atoms with van der Waals surface area (Å²) in [4.78, 5) is 15.9. The highest BCUT2D eigenvalue weighted by molar-refractivity contribution is 7.89. The summed E-state index contributed by atoms with van der Waals surface area (Å²) in [5.74, 6) is 0.0737. The van der Waals surface area contributed by atoms with Gasteiger partial charge >= 0.3 is 5.97 Å². The number of carbonyl (C=O) groups excluding carboxylic acids is 1. The zero-order chi connectivity index (χ0) is 19.6. The zero-order valence-corrected chi connectivity index (χ0v) is 15.8. The Morgan fingerprint density at radius 3 is 2.26 bits per heavy atom. The molecule has 2 N–H and O–H groups in total. The Balaban J connectivity index is 2.09. The quantitative estimate of drug-likeness (QED) is 0.651. The van der Waals surface area contributed by atoms with Gasteiger partial charge in [-0.1, -0.05) is 23.7 Å². The van der Waals surface area contributed by atoms with Crippen molar-refractivity contribution in [3.63, 3.8) is 0 Å². The van der Waals surface area contributed by atoms with Gasteiger partial charge in [0.05, 0.1) is 12.0 Å². The van der Waals surface area contributed by atoms with Gasteiger partial charge in [-0.3, -0.25) is 4.79 Å². The number of nitrogens with zero attached hydrogens (tertiary/aromatic N) is 1. The summed E-state index contributed by atoms with van der Waals surface area (Å²) < 4.78 is 33.3. The highest BCUT2D eigenvalue weighted by Crippen LogP contribution is 2.34. The number of benzene rings is 2. The average Bonchev–Trinajstić information content (AvgIpc) is 3.05. The lowest BCUT2D eigenvalue weighted by molar-refractivity contribution is -0.140. The van der Waals surface area contributed by atoms with Gasteiger partial charge in [0.1, 0.15) is 12.1 Å². The third-order valence-electron chi connectivity index (χ3n) is 3.76. The molecule has 0 amide bonds. The minimum Gasteiger partial charge on any atom is -0.469 e. The van der Waals surface area contributed by atoms with Crippen LogP contribution in [0.25, 0.3) is 22.6 Å². The second-order valence-corrected chi connectivity index (χ2v) is 7.61. The number of hydrogen-bond acceptors (Lipinski definition) is 6. The molecule has 0 radical (unpaired) electrons. The van der Waals surface area contributed by atoms with Crippen molar-refractivity contribution in [3.05, 3.63) is 59.4 Å². The van der Waals surface area contributed by atoms with Crippen LogP contribution >= 0.6 is 11.6 Å². The van der Waals surface area contributed by atoms with Crippen molar-refractivity contribution in [2.24, 2.45) is 5.14 Å². The number of aromatic nitrogens is 1. The number of halogens is 1. The number of nitrogens with two attached hydrogens (primary N) is 1. The molecule has 3 aromatic rings. The van der Waals surface area contributed by atoms with Gasteiger partial charge in [0, 0.05) is 16.1 Å². The van der Waals surface area contributed by atoms with Gasteiger partial charge in [-0.05, 0) is 36.4 Å². The van der Waals surface area contributed by atoms with Crippen molar-refractivity contribution in [1.29, 1.82) is 0 Å². The molecule has 0 saturated heterocycles. The predicted molar refractivity (Wildman–Crippen MR) is 99.5 cm³/mol. The molecule has 1 heterocycles. The molecule has 0 unspecified atom stereocenters. The predicted octanol–water partition coefficient (Wildman–Crippen LogP) is 3.02. The van der Waals surface area contributed by atoms with Gasteiger partial charge in [-0.15, -0.1) is 0 Å². The Hall–Kier alpha value is -2.68. The topological polar surface area (TPSA) is 112 Å². The maximum atomic E-state index is 11.6. The minimum absolute atomic E-state index is 0.0198. The van der Waals surface area contributed by atoms with Gasteiger partial charge < -0.3 is 9.15 Å². The molecular weight excluding hydrogens is 392 g/mol. The van der Waals surface area contributed by atoms with Gasteiger partial charge in [-0.25, -0.2) is 18.5 Å². The maximum Gasteiger partial charge on any atom is 0.314 e. The van der Waals surface area contributed by atoms with Crippen LogP contribution in [-0.2, 0) is 26.0 Å². The first-order valence-electron chi connectivity index (χ1n) is 7.73. The van der Waals surface area contributed by atoms with E-state index in [1.54, 1.807) is 36.4 Å². The first kappa shape index (κ1) is 19.1. The molecule has 9 heteroatoms. The van der Waals surface area contributed by atoms with E-state index >= 15 is 0 Å². The van der Waals surface area contributed by atoms with Gasteiger partial charge in [0.15, 0.2) is 5.76 Å². The lowest BCUT2D eigenvalue weighted by atomic mass is 10.1. The van der Waals surface area contributed by atoms with E-state index in [0.717, 1.165) is 5.56 Å². The van der Waals surface area contributed by atoms with Crippen molar-refractivity contribution >= 4 is 27.6 Å². The number of ether oxygens (including phenoxy) is 1. The third-order valence-corrected chi connectivity index (χ3v) is 4.94. The SMILES string of the molecule is COC(=O)Cc1nc(-c2ccc(Cl)cc2)c(-c2ccc(S(N)(=O)=O)cc2)o1. The first-order chi connectivity index (χ1) is 12.8. The van der Waals surface area contributed by atoms with Crippen LogP contribution in [0.2, 0.25) is 5.02 Å². The van der Waals surface area contributed by atoms with E-state index in [2.05, 4.69) is 9.72 Å². The van der Waals surface area contributed by atoms with Crippen LogP contribution in [0.15, 0.2) is 57.8 Å². The van der Waals surface area contributed by atoms with E-state index < -0.39 is 16.0 Å². The van der Waals surface area contributed by atoms with Gasteiger partial charge in [-0.2, -0.15) is 0 Å². The summed E-state index contributed by atoms with van der Waals surface area (Å²) in [6.45, 7) is 0. The summed E-state index contributed by atoms with van der Waals surface area (Å²) in [5, 5.41) is 5.69. The molecule has 0 spiro atoms. The second-order valence-electron chi connectivity index (χ2n) is 5.61. The number of hydrogen-bond donors (Lipinski definition) is 1. The lowest BCUT2D eigenvalue weighted by Crippen LogP contribution is -2.11. The summed E-state index contributed by atoms with van der Waals surface area (Å²) in [7, 11) is -2.53. The molecule has 27 heavy (non-hydrogen) atoms. The van der Waals surface area contributed by atoms with Crippen LogP contribution in [0.1, 0.15) is 5.89 Å². The fourth-order valence-electron chi connectivity index (χ4n) is 2.43. The number of primary sulfonamides is 1. The highest BCUT2D eigenvalue weighted by atomic mass is 35.5. The van der Waals surface area contributed by atoms with Gasteiger partial charge in [0.25, 0.3) is 0 Å². The average molecular weight is 407 g/mol. The molecule has 0 aliphatic rings. The van der Waals surface area contributed by atoms with E-state index in [9.17, 15) is 13.2 Å². The molecule has 7 nitrogen and oxygen atoms in total. The molecule has 3 rings (SSSR count). The molecule has 2 aromatic carbocycles. The summed E-state index contributed by atoms with van der Waals surface area (Å²) in [5.41, 5.74) is 1.80. The van der Waals surface area contributed by atoms with Crippen molar-refractivity contribution < 1.29 is 22.4 Å². The molecule has 140 valence electrons. The number of rotatable bonds is 5. The second kappa shape index (κ2) is 7.51. The van der Waals surface area contributed by atoms with E-state index in [0.29, 0.717) is 22.0 Å².